The summed E-state index contributed by atoms with van der Waals surface area (Å²) in [7, 11) is 0. The lowest BCUT2D eigenvalue weighted by Crippen LogP contribution is -1.91. The second-order valence-corrected chi connectivity index (χ2v) is 5.24. The number of benzene rings is 1. The zero-order valence-electron chi connectivity index (χ0n) is 9.40. The molecule has 0 bridgehead atoms. The zero-order valence-corrected chi connectivity index (χ0v) is 11.0. The highest BCUT2D eigenvalue weighted by Crippen LogP contribution is 2.17. The highest BCUT2D eigenvalue weighted by molar-refractivity contribution is 7.09. The van der Waals surface area contributed by atoms with E-state index in [1.165, 1.54) is 5.56 Å². The van der Waals surface area contributed by atoms with E-state index < -0.39 is 0 Å². The van der Waals surface area contributed by atoms with E-state index in [0.29, 0.717) is 0 Å². The Bertz CT molecular complexity index is 467. The van der Waals surface area contributed by atoms with Gasteiger partial charge in [0, 0.05) is 23.4 Å². The molecular weight excluding hydrogens is 254 g/mol. The molecule has 90 valence electrons. The molecule has 0 aliphatic carbocycles. The average Bonchev–Trinajstić information content (AvgIpc) is 2.77. The van der Waals surface area contributed by atoms with E-state index in [1.54, 1.807) is 11.3 Å². The molecule has 0 fully saturated rings. The number of hydrogen-bond acceptors (Lipinski definition) is 3. The van der Waals surface area contributed by atoms with Crippen molar-refractivity contribution >= 4 is 22.9 Å². The van der Waals surface area contributed by atoms with Gasteiger partial charge in [-0.05, 0) is 30.5 Å². The van der Waals surface area contributed by atoms with Crippen LogP contribution >= 0.6 is 22.9 Å². The normalized spacial score (nSPS) is 10.7. The number of aromatic nitrogens is 1. The van der Waals surface area contributed by atoms with Crippen LogP contribution < -0.4 is 0 Å². The molecule has 2 nitrogen and oxygen atoms in total. The molecule has 0 spiro atoms. The highest BCUT2D eigenvalue weighted by Gasteiger charge is 2.03. The standard InChI is InChI=1S/C13H14ClNOS/c14-11-5-3-10(4-6-11)8-13-15-12(9-17-13)2-1-7-16/h3-6,9,16H,1-2,7-8H2. The molecule has 0 amide bonds. The fourth-order valence-corrected chi connectivity index (χ4v) is 2.57. The monoisotopic (exact) mass is 267 g/mol. The number of aryl methyl sites for hydroxylation is 1. The second-order valence-electron chi connectivity index (χ2n) is 3.86. The van der Waals surface area contributed by atoms with Crippen molar-refractivity contribution in [2.75, 3.05) is 6.61 Å². The fourth-order valence-electron chi connectivity index (χ4n) is 1.58. The van der Waals surface area contributed by atoms with Gasteiger partial charge < -0.3 is 5.11 Å². The molecule has 1 aromatic heterocycles. The van der Waals surface area contributed by atoms with E-state index in [1.807, 2.05) is 24.3 Å². The molecule has 0 aliphatic rings. The maximum atomic E-state index is 8.76. The van der Waals surface area contributed by atoms with Crippen molar-refractivity contribution in [1.82, 2.24) is 4.98 Å². The first-order chi connectivity index (χ1) is 8.28. The number of halogens is 1. The summed E-state index contributed by atoms with van der Waals surface area (Å²) in [6.07, 6.45) is 2.48. The van der Waals surface area contributed by atoms with Gasteiger partial charge in [-0.25, -0.2) is 4.98 Å². The zero-order chi connectivity index (χ0) is 12.1. The van der Waals surface area contributed by atoms with Crippen molar-refractivity contribution in [3.05, 3.63) is 50.9 Å². The van der Waals surface area contributed by atoms with Gasteiger partial charge in [-0.2, -0.15) is 0 Å². The minimum Gasteiger partial charge on any atom is -0.396 e. The first-order valence-electron chi connectivity index (χ1n) is 5.56. The molecule has 2 aromatic rings. The lowest BCUT2D eigenvalue weighted by molar-refractivity contribution is 0.288. The van der Waals surface area contributed by atoms with Crippen LogP contribution in [0.2, 0.25) is 5.02 Å². The van der Waals surface area contributed by atoms with E-state index >= 15 is 0 Å². The van der Waals surface area contributed by atoms with E-state index in [9.17, 15) is 0 Å². The van der Waals surface area contributed by atoms with E-state index in [4.69, 9.17) is 16.7 Å². The Kier molecular flexibility index (Phi) is 4.54. The summed E-state index contributed by atoms with van der Waals surface area (Å²) in [6.45, 7) is 0.226. The first kappa shape index (κ1) is 12.6. The minimum absolute atomic E-state index is 0.226. The van der Waals surface area contributed by atoms with Crippen molar-refractivity contribution < 1.29 is 5.11 Å². The second kappa shape index (κ2) is 6.15. The van der Waals surface area contributed by atoms with Crippen LogP contribution in [0.15, 0.2) is 29.6 Å². The van der Waals surface area contributed by atoms with Crippen LogP contribution in [0, 0.1) is 0 Å². The van der Waals surface area contributed by atoms with Crippen LogP contribution in [0.4, 0.5) is 0 Å². The summed E-state index contributed by atoms with van der Waals surface area (Å²) in [5.74, 6) is 0. The molecule has 0 saturated carbocycles. The molecule has 1 N–H and O–H groups in total. The van der Waals surface area contributed by atoms with Crippen LogP contribution in [-0.4, -0.2) is 16.7 Å². The van der Waals surface area contributed by atoms with Gasteiger partial charge in [0.15, 0.2) is 0 Å². The van der Waals surface area contributed by atoms with Gasteiger partial charge in [0.2, 0.25) is 0 Å². The van der Waals surface area contributed by atoms with Gasteiger partial charge in [-0.3, -0.25) is 0 Å². The SMILES string of the molecule is OCCCc1csc(Cc2ccc(Cl)cc2)n1. The number of aliphatic hydroxyl groups excluding tert-OH is 1. The summed E-state index contributed by atoms with van der Waals surface area (Å²) >= 11 is 7.51. The summed E-state index contributed by atoms with van der Waals surface area (Å²) in [6, 6.07) is 7.85. The van der Waals surface area contributed by atoms with Crippen LogP contribution in [0.1, 0.15) is 22.7 Å². The molecule has 4 heteroatoms. The number of rotatable bonds is 5. The molecule has 1 aromatic carbocycles. The van der Waals surface area contributed by atoms with Crippen molar-refractivity contribution in [3.8, 4) is 0 Å². The topological polar surface area (TPSA) is 33.1 Å². The van der Waals surface area contributed by atoms with Gasteiger partial charge in [0.05, 0.1) is 10.7 Å². The Labute approximate surface area is 110 Å². The van der Waals surface area contributed by atoms with Crippen molar-refractivity contribution in [3.63, 3.8) is 0 Å². The molecule has 1 heterocycles. The van der Waals surface area contributed by atoms with Crippen molar-refractivity contribution in [1.29, 1.82) is 0 Å². The quantitative estimate of drug-likeness (QED) is 0.902. The van der Waals surface area contributed by atoms with E-state index in [2.05, 4.69) is 10.4 Å². The third-order valence-corrected chi connectivity index (χ3v) is 3.61. The van der Waals surface area contributed by atoms with Crippen LogP contribution in [0.25, 0.3) is 0 Å². The molecule has 0 aliphatic heterocycles. The van der Waals surface area contributed by atoms with Crippen molar-refractivity contribution in [2.24, 2.45) is 0 Å². The number of nitrogens with zero attached hydrogens (tertiary/aromatic N) is 1. The minimum atomic E-state index is 0.226. The molecule has 0 unspecified atom stereocenters. The summed E-state index contributed by atoms with van der Waals surface area (Å²) < 4.78 is 0. The third kappa shape index (κ3) is 3.80. The molecule has 2 rings (SSSR count). The van der Waals surface area contributed by atoms with E-state index in [0.717, 1.165) is 35.0 Å². The molecule has 0 radical (unpaired) electrons. The Morgan fingerprint density at radius 3 is 2.71 bits per heavy atom. The summed E-state index contributed by atoms with van der Waals surface area (Å²) in [5, 5.41) is 12.7. The van der Waals surface area contributed by atoms with Crippen molar-refractivity contribution in [2.45, 2.75) is 19.3 Å². The third-order valence-electron chi connectivity index (χ3n) is 2.46. The fraction of sp³-hybridized carbons (Fsp3) is 0.308. The van der Waals surface area contributed by atoms with Gasteiger partial charge in [-0.15, -0.1) is 11.3 Å². The van der Waals surface area contributed by atoms with E-state index in [-0.39, 0.29) is 6.61 Å². The molecule has 0 atom stereocenters. The predicted octanol–water partition coefficient (Wildman–Crippen LogP) is 3.31. The maximum Gasteiger partial charge on any atom is 0.0972 e. The first-order valence-corrected chi connectivity index (χ1v) is 6.82. The summed E-state index contributed by atoms with van der Waals surface area (Å²) in [5.41, 5.74) is 2.30. The number of aliphatic hydroxyl groups is 1. The van der Waals surface area contributed by atoms with Gasteiger partial charge in [0.1, 0.15) is 0 Å². The lowest BCUT2D eigenvalue weighted by Gasteiger charge is -1.98. The number of hydrogen-bond donors (Lipinski definition) is 1. The molecule has 17 heavy (non-hydrogen) atoms. The smallest absolute Gasteiger partial charge is 0.0972 e. The van der Waals surface area contributed by atoms with Gasteiger partial charge in [-0.1, -0.05) is 23.7 Å². The summed E-state index contributed by atoms with van der Waals surface area (Å²) in [4.78, 5) is 4.54. The highest BCUT2D eigenvalue weighted by atomic mass is 35.5. The van der Waals surface area contributed by atoms with Crippen LogP contribution in [0.5, 0.6) is 0 Å². The Morgan fingerprint density at radius 2 is 2.00 bits per heavy atom. The number of thiazole rings is 1. The molecule has 0 saturated heterocycles. The Balaban J connectivity index is 1.98. The average molecular weight is 268 g/mol. The molecular formula is C13H14ClNOS. The Morgan fingerprint density at radius 1 is 1.24 bits per heavy atom. The van der Waals surface area contributed by atoms with Crippen LogP contribution in [0.3, 0.4) is 0 Å². The largest absolute Gasteiger partial charge is 0.396 e. The van der Waals surface area contributed by atoms with Crippen LogP contribution in [-0.2, 0) is 12.8 Å². The predicted molar refractivity (Wildman–Crippen MR) is 71.8 cm³/mol. The van der Waals surface area contributed by atoms with Gasteiger partial charge >= 0.3 is 0 Å². The Hall–Kier alpha value is -0.900. The van der Waals surface area contributed by atoms with Gasteiger partial charge in [0.25, 0.3) is 0 Å². The maximum absolute atomic E-state index is 8.76. The lowest BCUT2D eigenvalue weighted by atomic mass is 10.2.